The number of nitrogens with zero attached hydrogens (tertiary/aromatic N) is 4. The highest BCUT2D eigenvalue weighted by molar-refractivity contribution is 7.22. The Labute approximate surface area is 597 Å². The van der Waals surface area contributed by atoms with Crippen LogP contribution in [-0.4, -0.2) is 30.3 Å². The van der Waals surface area contributed by atoms with Crippen molar-refractivity contribution in [1.29, 1.82) is 0 Å². The fourth-order valence-electron chi connectivity index (χ4n) is 12.2. The second-order valence-corrected chi connectivity index (χ2v) is 31.0. The normalized spacial score (nSPS) is 17.5. The molecular weight excluding hydrogens is 1160 g/mol. The second-order valence-electron chi connectivity index (χ2n) is 23.9. The largest absolute Gasteiger partial charge is 0.458 e. The lowest BCUT2D eigenvalue weighted by Gasteiger charge is -2.42. The van der Waals surface area contributed by atoms with Crippen molar-refractivity contribution in [2.45, 2.75) is 52.4 Å². The minimum atomic E-state index is -6.97. The van der Waals surface area contributed by atoms with Crippen LogP contribution in [0, 0.1) is 6.33 Å². The molecule has 0 aliphatic heterocycles. The fourth-order valence-corrected chi connectivity index (χ4v) is 20.4. The molecule has 3 heterocycles. The molecule has 450 valence electrons. The Hall–Kier alpha value is -10.7. The van der Waals surface area contributed by atoms with Crippen LogP contribution in [0.2, 0.25) is 0 Å². The van der Waals surface area contributed by atoms with Gasteiger partial charge in [-0.05, 0) is 129 Å². The third-order valence-electron chi connectivity index (χ3n) is 16.5. The van der Waals surface area contributed by atoms with E-state index in [1.807, 2.05) is 47.0 Å². The van der Waals surface area contributed by atoms with Crippen LogP contribution >= 0.6 is 0 Å². The maximum atomic E-state index is 10.5. The Morgan fingerprint density at radius 2 is 0.882 bits per heavy atom. The van der Waals surface area contributed by atoms with Gasteiger partial charge >= 0.3 is 0 Å². The lowest BCUT2D eigenvalue weighted by molar-refractivity contribution is -0.570. The molecule has 15 rings (SSSR count). The number of imidazole rings is 1. The topological polar surface area (TPSA) is 35.9 Å². The van der Waals surface area contributed by atoms with Crippen LogP contribution in [0.5, 0.6) is 11.5 Å². The first kappa shape index (κ1) is 31.5. The highest BCUT2D eigenvalue weighted by atomic mass is 28.3. The van der Waals surface area contributed by atoms with Gasteiger partial charge in [0.2, 0.25) is 0 Å². The smallest absolute Gasteiger partial charge is 0.269 e. The molecule has 0 amide bonds. The summed E-state index contributed by atoms with van der Waals surface area (Å²) in [6.07, 6.45) is 5.03. The highest BCUT2D eigenvalue weighted by Crippen LogP contribution is 2.37. The number of hydrogen-bond acceptors (Lipinski definition) is 2. The zero-order chi connectivity index (χ0) is 93.8. The average molecular weight is 1270 g/mol. The number of fused-ring (bicyclic) bond motifs is 4. The lowest BCUT2D eigenvalue weighted by Crippen LogP contribution is -2.80. The van der Waals surface area contributed by atoms with Crippen LogP contribution in [0.3, 0.4) is 0 Å². The minimum Gasteiger partial charge on any atom is -0.458 e. The van der Waals surface area contributed by atoms with Crippen molar-refractivity contribution >= 4 is 90.5 Å². The molecule has 15 aromatic rings. The molecule has 0 bridgehead atoms. The molecule has 0 fully saturated rings. The van der Waals surface area contributed by atoms with Crippen molar-refractivity contribution in [3.63, 3.8) is 0 Å². The molecule has 7 heteroatoms. The highest BCUT2D eigenvalue weighted by Gasteiger charge is 2.49. The molecule has 93 heavy (non-hydrogen) atoms. The number of rotatable bonds is 14. The molecule has 0 atom stereocenters. The van der Waals surface area contributed by atoms with Crippen LogP contribution in [0.25, 0.3) is 61.2 Å². The zero-order valence-electron chi connectivity index (χ0n) is 85.7. The quantitative estimate of drug-likeness (QED) is 0.0471. The average Bonchev–Trinajstić information content (AvgIpc) is 0.853. The van der Waals surface area contributed by atoms with Gasteiger partial charge in [0.05, 0.1) is 81.4 Å². The minimum absolute atomic E-state index is 0.0295. The van der Waals surface area contributed by atoms with Gasteiger partial charge in [-0.25, -0.2) is 4.98 Å². The summed E-state index contributed by atoms with van der Waals surface area (Å²) in [5, 5.41) is -7.21. The van der Waals surface area contributed by atoms with Gasteiger partial charge in [0.25, 0.3) is 6.33 Å². The fraction of sp³-hybridized carbons (Fsp3) is 0.0930. The van der Waals surface area contributed by atoms with Gasteiger partial charge in [0.15, 0.2) is 16.1 Å². The summed E-state index contributed by atoms with van der Waals surface area (Å²) in [6, 6.07) is -13.3. The van der Waals surface area contributed by atoms with Gasteiger partial charge in [0, 0.05) is 23.0 Å². The first-order valence-corrected chi connectivity index (χ1v) is 33.4. The predicted octanol–water partition coefficient (Wildman–Crippen LogP) is 15.0. The summed E-state index contributed by atoms with van der Waals surface area (Å²) in [5.41, 5.74) is -2.15. The molecule has 12 aromatic carbocycles. The van der Waals surface area contributed by atoms with E-state index in [0.717, 1.165) is 38.6 Å². The summed E-state index contributed by atoms with van der Waals surface area (Å²) in [5.74, 6) is 0.822. The Balaban J connectivity index is 1.27. The molecule has 0 unspecified atom stereocenters. The van der Waals surface area contributed by atoms with E-state index in [1.54, 1.807) is 24.4 Å². The van der Waals surface area contributed by atoms with E-state index in [0.29, 0.717) is 11.3 Å². The van der Waals surface area contributed by atoms with Gasteiger partial charge in [-0.15, -0.1) is 0 Å². The Bertz CT molecular complexity index is 6650. The van der Waals surface area contributed by atoms with Crippen molar-refractivity contribution in [2.24, 2.45) is 0 Å². The third kappa shape index (κ3) is 10.3. The summed E-state index contributed by atoms with van der Waals surface area (Å²) < 4.78 is 356. The van der Waals surface area contributed by atoms with E-state index in [-0.39, 0.29) is 44.8 Å². The number of hydrogen-bond donors (Lipinski definition) is 0. The van der Waals surface area contributed by atoms with Crippen LogP contribution in [-0.2, 0) is 10.8 Å². The van der Waals surface area contributed by atoms with Gasteiger partial charge in [0.1, 0.15) is 17.3 Å². The number of benzene rings is 12. The first-order chi connectivity index (χ1) is 59.9. The Morgan fingerprint density at radius 3 is 1.39 bits per heavy atom. The molecule has 0 aliphatic rings. The van der Waals surface area contributed by atoms with Gasteiger partial charge in [-0.2, -0.15) is 0 Å². The van der Waals surface area contributed by atoms with Gasteiger partial charge in [-0.1, -0.05) is 302 Å². The molecule has 0 N–H and O–H groups in total. The van der Waals surface area contributed by atoms with E-state index >= 15 is 0 Å². The standard InChI is InChI=1S/C86H72N4OSi2/c1-85(2,3)64-53-54-87-83(58-64)90-77-48-29-28-47-75(77)76-51-50-68(60-79(76)90)91-67-34-30-33-66(59-67)88-61-89(78-52-49-63(55-80(78)88)62-31-14-7-15-32-62)84-81(92(69-35-16-8-17-36-69,70-37-18-9-19-38-70)71-39-20-10-21-40-71)56-65(86(4,5)6)57-82(84)93(72-41-22-11-23-42-72,73-43-24-12-25-44-73)74-45-26-13-27-46-74/h7-60H,1-6H3/i7D,8D,9D,10D,11D,12D,13D,14D,15D,16D,17D,18D,19D,20D,21D,22D,23D,24D,25D,26D,27D,31D,32D,35D,36D,37D,38D,39D,40D,41D,42D,43D,44D,45D,46D. The number of pyridine rings is 1. The molecule has 0 spiro atoms. The van der Waals surface area contributed by atoms with Gasteiger partial charge in [-0.3, -0.25) is 13.7 Å². The molecular formula is C86H72N4OSi2. The van der Waals surface area contributed by atoms with Crippen LogP contribution in [0.1, 0.15) is 101 Å². The van der Waals surface area contributed by atoms with Crippen molar-refractivity contribution in [2.75, 3.05) is 0 Å². The Morgan fingerprint density at radius 1 is 0.409 bits per heavy atom. The van der Waals surface area contributed by atoms with E-state index in [4.69, 9.17) is 13.8 Å². The molecule has 0 aliphatic carbocycles. The van der Waals surface area contributed by atoms with Crippen molar-refractivity contribution in [3.05, 3.63) is 344 Å². The monoisotopic (exact) mass is 1270 g/mol. The van der Waals surface area contributed by atoms with E-state index in [2.05, 4.69) is 27.1 Å². The number of ether oxygens (including phenoxy) is 1. The predicted molar refractivity (Wildman–Crippen MR) is 392 cm³/mol. The third-order valence-corrected chi connectivity index (χ3v) is 24.9. The number of para-hydroxylation sites is 1. The summed E-state index contributed by atoms with van der Waals surface area (Å²) in [7, 11) is -13.9. The Kier molecular flexibility index (Phi) is 8.09. The molecule has 3 aromatic heterocycles. The summed E-state index contributed by atoms with van der Waals surface area (Å²) in [6.45, 7) is 10.7. The lowest BCUT2D eigenvalue weighted by atomic mass is 9.87. The van der Waals surface area contributed by atoms with Crippen molar-refractivity contribution < 1.29 is 57.3 Å². The summed E-state index contributed by atoms with van der Waals surface area (Å²) >= 11 is 0. The van der Waals surface area contributed by atoms with Crippen molar-refractivity contribution in [3.8, 4) is 39.8 Å². The van der Waals surface area contributed by atoms with E-state index in [9.17, 15) is 43.9 Å². The van der Waals surface area contributed by atoms with Gasteiger partial charge < -0.3 is 4.74 Å². The van der Waals surface area contributed by atoms with E-state index < -0.39 is 286 Å². The number of aromatic nitrogens is 4. The summed E-state index contributed by atoms with van der Waals surface area (Å²) in [4.78, 5) is 4.84. The van der Waals surface area contributed by atoms with Crippen LogP contribution in [0.4, 0.5) is 0 Å². The molecule has 0 saturated heterocycles. The SMILES string of the molecule is [2H]c1c([2H])c([2H])c(-c2ccc3c(c2)n(-c2cccc(Oc4ccc5c6ccccc6n(-c6cc(C(C)(C)C)ccn6)c5c4)c2)[c-][n+]3-c2c([Si](c3c([2H])c([2H])c([2H])c([2H])c3[2H])(c3c([2H])c([2H])c([2H])c([2H])c3[2H])c3c([2H])c([2H])c([2H])c([2H])c3[2H])cc(C(C)(C)C)cc2[Si](c2c([2H])c([2H])c([2H])c([2H])c2[2H])(c2c([2H])c([2H])c([2H])c([2H])c2[2H])c2c([2H])c([2H])c([2H])c([2H])c2[2H])c([2H])c1[2H]. The van der Waals surface area contributed by atoms with E-state index in [1.165, 1.54) is 61.7 Å². The molecule has 5 nitrogen and oxygen atoms in total. The molecule has 0 radical (unpaired) electrons. The maximum absolute atomic E-state index is 10.5. The van der Waals surface area contributed by atoms with Crippen LogP contribution < -0.4 is 50.8 Å². The second kappa shape index (κ2) is 23.8. The maximum Gasteiger partial charge on any atom is 0.269 e. The van der Waals surface area contributed by atoms with Crippen molar-refractivity contribution in [1.82, 2.24) is 14.1 Å². The zero-order valence-corrected chi connectivity index (χ0v) is 52.7. The van der Waals surface area contributed by atoms with Crippen LogP contribution in [0.15, 0.2) is 327 Å². The first-order valence-electron chi connectivity index (χ1n) is 46.9. The molecule has 0 saturated carbocycles.